The smallest absolute Gasteiger partial charge is 0.411 e. The number of fused-ring (bicyclic) bond motifs is 1. The topological polar surface area (TPSA) is 151 Å². The Hall–Kier alpha value is -3.35. The second-order valence-corrected chi connectivity index (χ2v) is 10.7. The van der Waals surface area contributed by atoms with E-state index in [1.165, 1.54) is 0 Å². The molecule has 216 valence electrons. The number of hydrogen-bond donors (Lipinski definition) is 4. The van der Waals surface area contributed by atoms with Crippen molar-refractivity contribution in [1.29, 1.82) is 0 Å². The Labute approximate surface area is 234 Å². The highest BCUT2D eigenvalue weighted by Crippen LogP contribution is 2.30. The van der Waals surface area contributed by atoms with Gasteiger partial charge in [-0.2, -0.15) is 10.1 Å². The van der Waals surface area contributed by atoms with Crippen LogP contribution < -0.4 is 10.6 Å². The van der Waals surface area contributed by atoms with Crippen molar-refractivity contribution in [2.75, 3.05) is 43.5 Å². The van der Waals surface area contributed by atoms with Gasteiger partial charge >= 0.3 is 6.09 Å². The maximum absolute atomic E-state index is 11.2. The zero-order valence-electron chi connectivity index (χ0n) is 23.1. The van der Waals surface area contributed by atoms with Crippen molar-refractivity contribution in [2.45, 2.75) is 76.4 Å². The van der Waals surface area contributed by atoms with Gasteiger partial charge in [0.05, 0.1) is 12.7 Å². The van der Waals surface area contributed by atoms with Gasteiger partial charge in [0.2, 0.25) is 5.95 Å². The van der Waals surface area contributed by atoms with E-state index in [-0.39, 0.29) is 18.6 Å². The molecule has 5 rings (SSSR count). The van der Waals surface area contributed by atoms with Crippen molar-refractivity contribution in [1.82, 2.24) is 29.6 Å². The minimum atomic E-state index is -1.24. The lowest BCUT2D eigenvalue weighted by atomic mass is 9.91. The standard InChI is InChI=1S/C28H40N8O4/c1-2-3-21(8-13-37)31-26-25-24(32-27(33-26)34-28(38)39)17-30-36(25)18-19-4-5-23(29-16-19)20-6-11-35(12-7-20)22-9-14-40-15-10-22/h4-5,16-17,20-22,37H,2-3,6-15,18H2,1H3,(H,38,39)(H2,31,32,33,34)/t21-/m0/s1. The van der Waals surface area contributed by atoms with Gasteiger partial charge in [-0.15, -0.1) is 0 Å². The van der Waals surface area contributed by atoms with Gasteiger partial charge in [-0.1, -0.05) is 19.4 Å². The fourth-order valence-corrected chi connectivity index (χ4v) is 5.91. The molecule has 12 heteroatoms. The van der Waals surface area contributed by atoms with E-state index in [2.05, 4.69) is 49.7 Å². The Morgan fingerprint density at radius 1 is 1.12 bits per heavy atom. The molecular formula is C28H40N8O4. The van der Waals surface area contributed by atoms with Crippen molar-refractivity contribution in [3.8, 4) is 0 Å². The van der Waals surface area contributed by atoms with Crippen LogP contribution in [0.3, 0.4) is 0 Å². The van der Waals surface area contributed by atoms with Crippen LogP contribution in [0.25, 0.3) is 11.0 Å². The largest absolute Gasteiger partial charge is 0.465 e. The number of aliphatic hydroxyl groups is 1. The molecule has 0 spiro atoms. The maximum Gasteiger partial charge on any atom is 0.411 e. The first-order valence-electron chi connectivity index (χ1n) is 14.4. The molecule has 0 radical (unpaired) electrons. The molecule has 2 saturated heterocycles. The number of amides is 1. The quantitative estimate of drug-likeness (QED) is 0.277. The van der Waals surface area contributed by atoms with Crippen molar-refractivity contribution >= 4 is 28.9 Å². The number of aromatic nitrogens is 5. The Bertz CT molecular complexity index is 1250. The predicted octanol–water partition coefficient (Wildman–Crippen LogP) is 3.68. The van der Waals surface area contributed by atoms with E-state index < -0.39 is 6.09 Å². The minimum Gasteiger partial charge on any atom is -0.465 e. The molecule has 2 fully saturated rings. The highest BCUT2D eigenvalue weighted by molar-refractivity contribution is 5.89. The van der Waals surface area contributed by atoms with Crippen LogP contribution in [0, 0.1) is 0 Å². The maximum atomic E-state index is 11.2. The average Bonchev–Trinajstić information content (AvgIpc) is 3.36. The Balaban J connectivity index is 1.30. The third kappa shape index (κ3) is 6.86. The summed E-state index contributed by atoms with van der Waals surface area (Å²) >= 11 is 0. The molecule has 40 heavy (non-hydrogen) atoms. The first-order chi connectivity index (χ1) is 19.5. The van der Waals surface area contributed by atoms with Crippen molar-refractivity contribution in [3.05, 3.63) is 35.8 Å². The Morgan fingerprint density at radius 2 is 1.93 bits per heavy atom. The fourth-order valence-electron chi connectivity index (χ4n) is 5.91. The third-order valence-corrected chi connectivity index (χ3v) is 8.00. The highest BCUT2D eigenvalue weighted by atomic mass is 16.5. The molecule has 0 saturated carbocycles. The summed E-state index contributed by atoms with van der Waals surface area (Å²) in [5, 5.41) is 28.9. The monoisotopic (exact) mass is 552 g/mol. The van der Waals surface area contributed by atoms with Gasteiger partial charge in [-0.3, -0.25) is 15.0 Å². The molecule has 2 aliphatic heterocycles. The van der Waals surface area contributed by atoms with Crippen LogP contribution in [0.1, 0.15) is 69.0 Å². The fraction of sp³-hybridized carbons (Fsp3) is 0.607. The van der Waals surface area contributed by atoms with E-state index >= 15 is 0 Å². The van der Waals surface area contributed by atoms with Gasteiger partial charge in [0.25, 0.3) is 0 Å². The SMILES string of the molecule is CCC[C@@H](CCO)Nc1nc(NC(=O)O)nc2cnn(Cc3ccc(C4CCN(C5CCOCC5)CC4)nc3)c12. The molecule has 5 heterocycles. The van der Waals surface area contributed by atoms with Gasteiger partial charge in [0.1, 0.15) is 11.0 Å². The number of anilines is 2. The van der Waals surface area contributed by atoms with E-state index in [4.69, 9.17) is 9.72 Å². The van der Waals surface area contributed by atoms with Crippen LogP contribution in [0.2, 0.25) is 0 Å². The first-order valence-corrected chi connectivity index (χ1v) is 14.4. The number of nitrogens with zero attached hydrogens (tertiary/aromatic N) is 6. The summed E-state index contributed by atoms with van der Waals surface area (Å²) in [7, 11) is 0. The van der Waals surface area contributed by atoms with Gasteiger partial charge in [-0.05, 0) is 63.2 Å². The number of piperidine rings is 1. The highest BCUT2D eigenvalue weighted by Gasteiger charge is 2.27. The summed E-state index contributed by atoms with van der Waals surface area (Å²) in [5.41, 5.74) is 3.36. The van der Waals surface area contributed by atoms with E-state index in [1.807, 2.05) is 10.9 Å². The van der Waals surface area contributed by atoms with E-state index in [9.17, 15) is 15.0 Å². The predicted molar refractivity (Wildman–Crippen MR) is 152 cm³/mol. The van der Waals surface area contributed by atoms with Gasteiger partial charge in [-0.25, -0.2) is 9.78 Å². The van der Waals surface area contributed by atoms with Crippen molar-refractivity contribution < 1.29 is 19.7 Å². The summed E-state index contributed by atoms with van der Waals surface area (Å²) in [4.78, 5) is 27.5. The van der Waals surface area contributed by atoms with Gasteiger partial charge in [0, 0.05) is 49.7 Å². The van der Waals surface area contributed by atoms with Gasteiger partial charge in [0.15, 0.2) is 5.82 Å². The van der Waals surface area contributed by atoms with E-state index in [0.717, 1.165) is 76.1 Å². The minimum absolute atomic E-state index is 0.0183. The molecule has 1 atom stereocenters. The summed E-state index contributed by atoms with van der Waals surface area (Å²) < 4.78 is 7.34. The van der Waals surface area contributed by atoms with Gasteiger partial charge < -0.3 is 25.2 Å². The van der Waals surface area contributed by atoms with Crippen LogP contribution in [-0.4, -0.2) is 90.9 Å². The molecule has 4 N–H and O–H groups in total. The Morgan fingerprint density at radius 3 is 2.60 bits per heavy atom. The number of rotatable bonds is 11. The summed E-state index contributed by atoms with van der Waals surface area (Å²) in [5.74, 6) is 0.941. The van der Waals surface area contributed by atoms with Crippen LogP contribution in [-0.2, 0) is 11.3 Å². The normalized spacial score (nSPS) is 18.1. The van der Waals surface area contributed by atoms with Crippen LogP contribution in [0.5, 0.6) is 0 Å². The number of carboxylic acid groups (broad SMARTS) is 1. The Kier molecular flexibility index (Phi) is 9.40. The molecule has 0 aliphatic carbocycles. The van der Waals surface area contributed by atoms with Crippen molar-refractivity contribution in [3.63, 3.8) is 0 Å². The molecular weight excluding hydrogens is 512 g/mol. The summed E-state index contributed by atoms with van der Waals surface area (Å²) in [6, 6.07) is 4.89. The molecule has 2 aliphatic rings. The van der Waals surface area contributed by atoms with Crippen LogP contribution >= 0.6 is 0 Å². The van der Waals surface area contributed by atoms with E-state index in [1.54, 1.807) is 6.20 Å². The zero-order chi connectivity index (χ0) is 27.9. The molecule has 0 unspecified atom stereocenters. The molecule has 12 nitrogen and oxygen atoms in total. The molecule has 0 aromatic carbocycles. The number of ether oxygens (including phenoxy) is 1. The zero-order valence-corrected chi connectivity index (χ0v) is 23.1. The average molecular weight is 553 g/mol. The lowest BCUT2D eigenvalue weighted by Crippen LogP contribution is -2.43. The van der Waals surface area contributed by atoms with Crippen LogP contribution in [0.15, 0.2) is 24.5 Å². The number of pyridine rings is 1. The number of hydrogen-bond acceptors (Lipinski definition) is 9. The molecule has 0 bridgehead atoms. The second kappa shape index (κ2) is 13.3. The molecule has 3 aromatic rings. The molecule has 1 amide bonds. The first kappa shape index (κ1) is 28.2. The third-order valence-electron chi connectivity index (χ3n) is 8.00. The summed E-state index contributed by atoms with van der Waals surface area (Å²) in [6.45, 7) is 6.58. The van der Waals surface area contributed by atoms with E-state index in [0.29, 0.717) is 41.8 Å². The second-order valence-electron chi connectivity index (χ2n) is 10.7. The number of carbonyl (C=O) groups is 1. The lowest BCUT2D eigenvalue weighted by Gasteiger charge is -2.39. The number of nitrogens with one attached hydrogen (secondary N) is 2. The lowest BCUT2D eigenvalue weighted by molar-refractivity contribution is 0.0250. The summed E-state index contributed by atoms with van der Waals surface area (Å²) in [6.07, 6.45) is 9.14. The number of aliphatic hydroxyl groups excluding tert-OH is 1. The number of likely N-dealkylation sites (tertiary alicyclic amines) is 1. The molecule has 3 aromatic heterocycles. The van der Waals surface area contributed by atoms with Crippen molar-refractivity contribution in [2.24, 2.45) is 0 Å². The van der Waals surface area contributed by atoms with Crippen LogP contribution in [0.4, 0.5) is 16.6 Å².